The zero-order valence-corrected chi connectivity index (χ0v) is 17.1. The van der Waals surface area contributed by atoms with Crippen LogP contribution >= 0.6 is 23.8 Å². The largest absolute Gasteiger partial charge is 0.390 e. The van der Waals surface area contributed by atoms with Gasteiger partial charge >= 0.3 is 0 Å². The van der Waals surface area contributed by atoms with Gasteiger partial charge in [0.2, 0.25) is 5.91 Å². The molecule has 4 rings (SSSR count). The first kappa shape index (κ1) is 20.1. The van der Waals surface area contributed by atoms with Gasteiger partial charge in [-0.15, -0.1) is 0 Å². The summed E-state index contributed by atoms with van der Waals surface area (Å²) in [5, 5.41) is 28.0. The molecule has 5 atom stereocenters. The molecule has 2 aromatic rings. The number of anilines is 1. The standard InChI is InChI=1S/C21H22ClN3O3S/c22-13-6-8-14(9-7-13)25-18-15(10-16(26)19(27)17(18)24-21(25)29)20(28)23-11-12-4-2-1-3-5-12/h1-9,15-19,26-27H,10-11H2,(H,23,28)(H,24,29). The maximum absolute atomic E-state index is 13.1. The van der Waals surface area contributed by atoms with Crippen LogP contribution in [-0.4, -0.2) is 45.5 Å². The Bertz CT molecular complexity index is 896. The smallest absolute Gasteiger partial charge is 0.225 e. The average Bonchev–Trinajstić information content (AvgIpc) is 3.07. The predicted octanol–water partition coefficient (Wildman–Crippen LogP) is 1.83. The average molecular weight is 432 g/mol. The first-order valence-electron chi connectivity index (χ1n) is 9.49. The van der Waals surface area contributed by atoms with Crippen molar-refractivity contribution >= 4 is 40.5 Å². The lowest BCUT2D eigenvalue weighted by molar-refractivity contribution is -0.131. The number of rotatable bonds is 4. The molecule has 8 heteroatoms. The van der Waals surface area contributed by atoms with E-state index in [0.29, 0.717) is 16.7 Å². The third-order valence-corrected chi connectivity index (χ3v) is 6.16. The van der Waals surface area contributed by atoms with Crippen molar-refractivity contribution < 1.29 is 15.0 Å². The highest BCUT2D eigenvalue weighted by atomic mass is 35.5. The van der Waals surface area contributed by atoms with E-state index in [1.54, 1.807) is 12.1 Å². The van der Waals surface area contributed by atoms with Gasteiger partial charge in [-0.2, -0.15) is 0 Å². The SMILES string of the molecule is O=C(NCc1ccccc1)C1CC(O)C(O)C2NC(=S)N(c3ccc(Cl)cc3)C12. The van der Waals surface area contributed by atoms with Crippen LogP contribution in [-0.2, 0) is 11.3 Å². The molecule has 0 spiro atoms. The van der Waals surface area contributed by atoms with Crippen molar-refractivity contribution in [3.8, 4) is 0 Å². The fraction of sp³-hybridized carbons (Fsp3) is 0.333. The van der Waals surface area contributed by atoms with Crippen LogP contribution < -0.4 is 15.5 Å². The number of benzene rings is 2. The number of hydrogen-bond acceptors (Lipinski definition) is 4. The summed E-state index contributed by atoms with van der Waals surface area (Å²) < 4.78 is 0. The van der Waals surface area contributed by atoms with Crippen LogP contribution in [0.4, 0.5) is 5.69 Å². The predicted molar refractivity (Wildman–Crippen MR) is 116 cm³/mol. The molecule has 152 valence electrons. The summed E-state index contributed by atoms with van der Waals surface area (Å²) in [6.45, 7) is 0.394. The first-order valence-corrected chi connectivity index (χ1v) is 10.3. The van der Waals surface area contributed by atoms with E-state index in [1.807, 2.05) is 47.4 Å². The molecule has 0 radical (unpaired) electrons. The van der Waals surface area contributed by atoms with Gasteiger partial charge in [0.05, 0.1) is 24.1 Å². The van der Waals surface area contributed by atoms with Crippen molar-refractivity contribution in [3.63, 3.8) is 0 Å². The Morgan fingerprint density at radius 2 is 1.86 bits per heavy atom. The summed E-state index contributed by atoms with van der Waals surface area (Å²) >= 11 is 11.5. The Morgan fingerprint density at radius 3 is 2.55 bits per heavy atom. The minimum atomic E-state index is -1.02. The minimum Gasteiger partial charge on any atom is -0.390 e. The Balaban J connectivity index is 1.60. The van der Waals surface area contributed by atoms with Gasteiger partial charge in [0.1, 0.15) is 6.10 Å². The van der Waals surface area contributed by atoms with Gasteiger partial charge in [-0.25, -0.2) is 0 Å². The maximum Gasteiger partial charge on any atom is 0.225 e. The van der Waals surface area contributed by atoms with E-state index < -0.39 is 30.2 Å². The Labute approximate surface area is 179 Å². The van der Waals surface area contributed by atoms with E-state index in [2.05, 4.69) is 10.6 Å². The summed E-state index contributed by atoms with van der Waals surface area (Å²) in [4.78, 5) is 14.9. The molecule has 1 aliphatic heterocycles. The lowest BCUT2D eigenvalue weighted by Gasteiger charge is -2.41. The zero-order chi connectivity index (χ0) is 20.5. The molecule has 1 aliphatic carbocycles. The Hall–Kier alpha value is -2.19. The Kier molecular flexibility index (Phi) is 5.74. The van der Waals surface area contributed by atoms with Gasteiger partial charge < -0.3 is 25.7 Å². The lowest BCUT2D eigenvalue weighted by atomic mass is 9.77. The van der Waals surface area contributed by atoms with Gasteiger partial charge in [0, 0.05) is 17.3 Å². The monoisotopic (exact) mass is 431 g/mol. The number of fused-ring (bicyclic) bond motifs is 1. The van der Waals surface area contributed by atoms with Gasteiger partial charge in [0.25, 0.3) is 0 Å². The topological polar surface area (TPSA) is 84.8 Å². The summed E-state index contributed by atoms with van der Waals surface area (Å²) in [5.41, 5.74) is 1.77. The molecule has 1 heterocycles. The molecule has 2 aliphatic rings. The van der Waals surface area contributed by atoms with Crippen molar-refractivity contribution in [2.45, 2.75) is 37.3 Å². The van der Waals surface area contributed by atoms with E-state index in [4.69, 9.17) is 23.8 Å². The van der Waals surface area contributed by atoms with E-state index in [0.717, 1.165) is 11.3 Å². The van der Waals surface area contributed by atoms with Gasteiger partial charge in [-0.1, -0.05) is 41.9 Å². The number of amides is 1. The van der Waals surface area contributed by atoms with E-state index in [-0.39, 0.29) is 12.3 Å². The van der Waals surface area contributed by atoms with Gasteiger partial charge in [-0.3, -0.25) is 4.79 Å². The molecule has 1 amide bonds. The zero-order valence-electron chi connectivity index (χ0n) is 15.5. The molecule has 2 aromatic carbocycles. The van der Waals surface area contributed by atoms with Crippen LogP contribution in [0.5, 0.6) is 0 Å². The molecule has 29 heavy (non-hydrogen) atoms. The summed E-state index contributed by atoms with van der Waals surface area (Å²) in [7, 11) is 0. The highest BCUT2D eigenvalue weighted by Gasteiger charge is 2.53. The van der Waals surface area contributed by atoms with Crippen molar-refractivity contribution in [3.05, 3.63) is 65.2 Å². The number of hydrogen-bond donors (Lipinski definition) is 4. The molecule has 0 aromatic heterocycles. The number of nitrogens with one attached hydrogen (secondary N) is 2. The minimum absolute atomic E-state index is 0.150. The van der Waals surface area contributed by atoms with E-state index >= 15 is 0 Å². The molecular weight excluding hydrogens is 410 g/mol. The number of thiocarbonyl (C=S) groups is 1. The number of nitrogens with zero attached hydrogens (tertiary/aromatic N) is 1. The third kappa shape index (κ3) is 3.96. The summed E-state index contributed by atoms with van der Waals surface area (Å²) in [5.74, 6) is -0.731. The van der Waals surface area contributed by atoms with Crippen molar-refractivity contribution in [2.24, 2.45) is 5.92 Å². The summed E-state index contributed by atoms with van der Waals surface area (Å²) in [6, 6.07) is 15.8. The van der Waals surface area contributed by atoms with Crippen LogP contribution in [0.3, 0.4) is 0 Å². The third-order valence-electron chi connectivity index (χ3n) is 5.60. The van der Waals surface area contributed by atoms with Crippen LogP contribution in [0.25, 0.3) is 0 Å². The number of carbonyl (C=O) groups excluding carboxylic acids is 1. The van der Waals surface area contributed by atoms with Crippen molar-refractivity contribution in [1.29, 1.82) is 0 Å². The molecule has 1 saturated heterocycles. The highest BCUT2D eigenvalue weighted by molar-refractivity contribution is 7.80. The van der Waals surface area contributed by atoms with E-state index in [1.165, 1.54) is 0 Å². The fourth-order valence-electron chi connectivity index (χ4n) is 4.16. The maximum atomic E-state index is 13.1. The molecule has 4 N–H and O–H groups in total. The summed E-state index contributed by atoms with van der Waals surface area (Å²) in [6.07, 6.45) is -1.88. The number of carbonyl (C=O) groups is 1. The van der Waals surface area contributed by atoms with E-state index in [9.17, 15) is 15.0 Å². The second-order valence-electron chi connectivity index (χ2n) is 7.42. The molecule has 5 unspecified atom stereocenters. The van der Waals surface area contributed by atoms with Gasteiger partial charge in [-0.05, 0) is 48.5 Å². The van der Waals surface area contributed by atoms with Crippen LogP contribution in [0.15, 0.2) is 54.6 Å². The first-order chi connectivity index (χ1) is 14.0. The van der Waals surface area contributed by atoms with Gasteiger partial charge in [0.15, 0.2) is 5.11 Å². The molecule has 1 saturated carbocycles. The Morgan fingerprint density at radius 1 is 1.17 bits per heavy atom. The number of aliphatic hydroxyl groups excluding tert-OH is 2. The molecule has 0 bridgehead atoms. The molecule has 6 nitrogen and oxygen atoms in total. The van der Waals surface area contributed by atoms with Crippen molar-refractivity contribution in [2.75, 3.05) is 4.90 Å². The quantitative estimate of drug-likeness (QED) is 0.553. The number of halogens is 1. The van der Waals surface area contributed by atoms with Crippen LogP contribution in [0.2, 0.25) is 5.02 Å². The lowest BCUT2D eigenvalue weighted by Crippen LogP contribution is -2.60. The normalized spacial score (nSPS) is 28.6. The second-order valence-corrected chi connectivity index (χ2v) is 8.24. The van der Waals surface area contributed by atoms with Crippen LogP contribution in [0, 0.1) is 5.92 Å². The molecular formula is C21H22ClN3O3S. The second kappa shape index (κ2) is 8.28. The number of aliphatic hydroxyl groups is 2. The fourth-order valence-corrected chi connectivity index (χ4v) is 4.65. The molecule has 2 fully saturated rings. The highest BCUT2D eigenvalue weighted by Crippen LogP contribution is 2.37. The van der Waals surface area contributed by atoms with Crippen LogP contribution in [0.1, 0.15) is 12.0 Å². The van der Waals surface area contributed by atoms with Crippen molar-refractivity contribution in [1.82, 2.24) is 10.6 Å².